The van der Waals surface area contributed by atoms with Crippen LogP contribution in [0.15, 0.2) is 24.3 Å². The molecular weight excluding hydrogens is 324 g/mol. The van der Waals surface area contributed by atoms with Gasteiger partial charge in [-0.05, 0) is 64.3 Å². The van der Waals surface area contributed by atoms with Gasteiger partial charge in [0.15, 0.2) is 0 Å². The van der Waals surface area contributed by atoms with Crippen molar-refractivity contribution in [1.29, 1.82) is 0 Å². The van der Waals surface area contributed by atoms with Gasteiger partial charge in [-0.15, -0.1) is 0 Å². The van der Waals surface area contributed by atoms with Crippen molar-refractivity contribution in [1.82, 2.24) is 5.32 Å². The van der Waals surface area contributed by atoms with Crippen molar-refractivity contribution in [2.45, 2.75) is 58.4 Å². The van der Waals surface area contributed by atoms with Crippen molar-refractivity contribution in [3.05, 3.63) is 29.8 Å². The second-order valence-corrected chi connectivity index (χ2v) is 8.24. The van der Waals surface area contributed by atoms with Crippen molar-refractivity contribution in [3.63, 3.8) is 0 Å². The first-order valence-corrected chi connectivity index (χ1v) is 10.3. The number of hydrogen-bond acceptors (Lipinski definition) is 3. The number of nitrogens with one attached hydrogen (secondary N) is 1. The van der Waals surface area contributed by atoms with E-state index in [1.54, 1.807) is 12.1 Å². The first-order valence-electron chi connectivity index (χ1n) is 8.92. The van der Waals surface area contributed by atoms with E-state index in [1.165, 1.54) is 32.1 Å². The van der Waals surface area contributed by atoms with E-state index >= 15 is 0 Å². The lowest BCUT2D eigenvalue weighted by molar-refractivity contribution is 0.341. The number of rotatable bonds is 8. The molecule has 2 rings (SSSR count). The first kappa shape index (κ1) is 19.2. The fraction of sp³-hybridized carbons (Fsp3) is 0.667. The molecule has 1 aliphatic carbocycles. The molecule has 1 saturated carbocycles. The van der Waals surface area contributed by atoms with E-state index in [1.807, 2.05) is 26.0 Å². The summed E-state index contributed by atoms with van der Waals surface area (Å²) >= 11 is 0. The lowest BCUT2D eigenvalue weighted by atomic mass is 9.89. The molecule has 2 N–H and O–H groups in total. The van der Waals surface area contributed by atoms with E-state index < -0.39 is 10.3 Å². The number of hydrogen-bond donors (Lipinski definition) is 2. The summed E-state index contributed by atoms with van der Waals surface area (Å²) in [5, 5.41) is 3.45. The van der Waals surface area contributed by atoms with Crippen molar-refractivity contribution in [3.8, 4) is 0 Å². The Hall–Kier alpha value is -1.11. The molecule has 5 nitrogen and oxygen atoms in total. The van der Waals surface area contributed by atoms with Gasteiger partial charge in [0.05, 0.1) is 5.69 Å². The Morgan fingerprint density at radius 1 is 1.21 bits per heavy atom. The van der Waals surface area contributed by atoms with Gasteiger partial charge in [-0.3, -0.25) is 4.55 Å². The largest absolute Gasteiger partial charge is 0.360 e. The average molecular weight is 355 g/mol. The van der Waals surface area contributed by atoms with E-state index in [4.69, 9.17) is 0 Å². The second kappa shape index (κ2) is 8.83. The molecule has 24 heavy (non-hydrogen) atoms. The van der Waals surface area contributed by atoms with Gasteiger partial charge in [-0.1, -0.05) is 37.0 Å². The Morgan fingerprint density at radius 3 is 2.42 bits per heavy atom. The Labute approximate surface area is 146 Å². The van der Waals surface area contributed by atoms with E-state index in [2.05, 4.69) is 5.32 Å². The molecule has 6 heteroatoms. The van der Waals surface area contributed by atoms with Crippen molar-refractivity contribution in [2.75, 3.05) is 17.4 Å². The Kier molecular flexibility index (Phi) is 7.07. The highest BCUT2D eigenvalue weighted by Crippen LogP contribution is 2.24. The van der Waals surface area contributed by atoms with E-state index in [9.17, 15) is 13.0 Å². The average Bonchev–Trinajstić information content (AvgIpc) is 2.53. The molecule has 0 radical (unpaired) electrons. The molecule has 0 aromatic heterocycles. The topological polar surface area (TPSA) is 69.6 Å². The molecule has 0 saturated heterocycles. The Balaban J connectivity index is 1.88. The van der Waals surface area contributed by atoms with Crippen LogP contribution < -0.4 is 9.62 Å². The minimum atomic E-state index is -4.28. The molecule has 1 unspecified atom stereocenters. The van der Waals surface area contributed by atoms with Gasteiger partial charge < -0.3 is 5.32 Å². The molecule has 1 fully saturated rings. The van der Waals surface area contributed by atoms with Crippen LogP contribution in [0, 0.1) is 12.8 Å². The fourth-order valence-electron chi connectivity index (χ4n) is 3.43. The molecule has 1 aliphatic rings. The van der Waals surface area contributed by atoms with Gasteiger partial charge in [0.25, 0.3) is 0 Å². The minimum absolute atomic E-state index is 0.304. The summed E-state index contributed by atoms with van der Waals surface area (Å²) in [6.07, 6.45) is 7.25. The molecule has 0 amide bonds. The summed E-state index contributed by atoms with van der Waals surface area (Å²) < 4.78 is 34.3. The van der Waals surface area contributed by atoms with Crippen molar-refractivity contribution in [2.24, 2.45) is 5.92 Å². The van der Waals surface area contributed by atoms with Gasteiger partial charge >= 0.3 is 10.3 Å². The predicted molar refractivity (Wildman–Crippen MR) is 98.7 cm³/mol. The predicted octanol–water partition coefficient (Wildman–Crippen LogP) is 3.55. The zero-order chi connectivity index (χ0) is 17.6. The highest BCUT2D eigenvalue weighted by atomic mass is 32.2. The summed E-state index contributed by atoms with van der Waals surface area (Å²) in [6, 6.07) is 6.86. The summed E-state index contributed by atoms with van der Waals surface area (Å²) in [7, 11) is -4.28. The molecule has 136 valence electrons. The summed E-state index contributed by atoms with van der Waals surface area (Å²) in [6.45, 7) is 5.52. The number of aryl methyl sites for hydroxylation is 1. The number of anilines is 1. The van der Waals surface area contributed by atoms with Crippen molar-refractivity contribution >= 4 is 16.0 Å². The maximum absolute atomic E-state index is 11.8. The normalized spacial score (nSPS) is 17.6. The molecular formula is C18H30N2O3S. The van der Waals surface area contributed by atoms with Crippen LogP contribution in [0.5, 0.6) is 0 Å². The maximum atomic E-state index is 11.8. The number of benzene rings is 1. The third kappa shape index (κ3) is 5.76. The lowest BCUT2D eigenvalue weighted by Crippen LogP contribution is -2.40. The summed E-state index contributed by atoms with van der Waals surface area (Å²) in [5.41, 5.74) is 1.55. The van der Waals surface area contributed by atoms with E-state index in [0.717, 1.165) is 28.9 Å². The van der Waals surface area contributed by atoms with Crippen LogP contribution in [0.4, 0.5) is 5.69 Å². The fourth-order valence-corrected chi connectivity index (χ4v) is 4.38. The van der Waals surface area contributed by atoms with Gasteiger partial charge in [0.2, 0.25) is 0 Å². The van der Waals surface area contributed by atoms with Gasteiger partial charge in [0.1, 0.15) is 0 Å². The smallest absolute Gasteiger partial charge is 0.316 e. The van der Waals surface area contributed by atoms with Crippen LogP contribution in [0.25, 0.3) is 0 Å². The third-order valence-corrected chi connectivity index (χ3v) is 5.90. The standard InChI is InChI=1S/C18H30N2O3S/c1-15-8-10-18(11-9-15)20(24(21,22)23)16(2)12-13-19-14-17-6-4-3-5-7-17/h8-11,16-17,19H,3-7,12-14H2,1-2H3,(H,21,22,23). The molecule has 0 bridgehead atoms. The van der Waals surface area contributed by atoms with Gasteiger partial charge in [0, 0.05) is 6.04 Å². The monoisotopic (exact) mass is 354 g/mol. The van der Waals surface area contributed by atoms with Gasteiger partial charge in [-0.25, -0.2) is 4.31 Å². The quantitative estimate of drug-likeness (QED) is 0.553. The molecule has 1 aromatic rings. The lowest BCUT2D eigenvalue weighted by Gasteiger charge is -2.28. The summed E-state index contributed by atoms with van der Waals surface area (Å²) in [5.74, 6) is 0.754. The first-order chi connectivity index (χ1) is 11.4. The van der Waals surface area contributed by atoms with E-state index in [0.29, 0.717) is 12.1 Å². The molecule has 1 aromatic carbocycles. The molecule has 0 spiro atoms. The van der Waals surface area contributed by atoms with Crippen LogP contribution in [0.1, 0.15) is 51.0 Å². The SMILES string of the molecule is Cc1ccc(N(C(C)CCNCC2CCCCC2)S(=O)(=O)O)cc1. The Morgan fingerprint density at radius 2 is 1.83 bits per heavy atom. The molecule has 1 atom stereocenters. The van der Waals surface area contributed by atoms with Crippen LogP contribution in [0.2, 0.25) is 0 Å². The second-order valence-electron chi connectivity index (χ2n) is 6.96. The highest BCUT2D eigenvalue weighted by molar-refractivity contribution is 7.87. The Bertz CT molecular complexity index is 595. The summed E-state index contributed by atoms with van der Waals surface area (Å²) in [4.78, 5) is 0. The van der Waals surface area contributed by atoms with Crippen LogP contribution in [-0.4, -0.2) is 32.1 Å². The zero-order valence-corrected chi connectivity index (χ0v) is 15.6. The maximum Gasteiger partial charge on any atom is 0.360 e. The van der Waals surface area contributed by atoms with Crippen LogP contribution in [-0.2, 0) is 10.3 Å². The molecule has 0 heterocycles. The van der Waals surface area contributed by atoms with E-state index in [-0.39, 0.29) is 6.04 Å². The van der Waals surface area contributed by atoms with Crippen molar-refractivity contribution < 1.29 is 13.0 Å². The number of nitrogens with zero attached hydrogens (tertiary/aromatic N) is 1. The third-order valence-electron chi connectivity index (χ3n) is 4.83. The molecule has 0 aliphatic heterocycles. The van der Waals surface area contributed by atoms with Crippen LogP contribution >= 0.6 is 0 Å². The van der Waals surface area contributed by atoms with Gasteiger partial charge in [-0.2, -0.15) is 8.42 Å². The highest BCUT2D eigenvalue weighted by Gasteiger charge is 2.25. The van der Waals surface area contributed by atoms with Crippen LogP contribution in [0.3, 0.4) is 0 Å². The zero-order valence-electron chi connectivity index (χ0n) is 14.7. The minimum Gasteiger partial charge on any atom is -0.316 e.